The Labute approximate surface area is 164 Å². The number of benzene rings is 1. The van der Waals surface area contributed by atoms with Crippen molar-refractivity contribution in [2.45, 2.75) is 38.3 Å². The number of carboxylic acids is 1. The van der Waals surface area contributed by atoms with E-state index in [1.165, 1.54) is 10.5 Å². The summed E-state index contributed by atoms with van der Waals surface area (Å²) in [5.74, 6) is -1.45. The minimum absolute atomic E-state index is 0.00392. The lowest BCUT2D eigenvalue weighted by atomic mass is 9.97. The number of likely N-dealkylation sites (tertiary alicyclic amines) is 1. The highest BCUT2D eigenvalue weighted by atomic mass is 16.4. The van der Waals surface area contributed by atoms with Crippen molar-refractivity contribution in [1.29, 1.82) is 0 Å². The molecule has 0 saturated carbocycles. The molecule has 0 bridgehead atoms. The average molecular weight is 388 g/mol. The highest BCUT2D eigenvalue weighted by Gasteiger charge is 2.33. The molecule has 152 valence electrons. The van der Waals surface area contributed by atoms with Crippen LogP contribution in [0.25, 0.3) is 0 Å². The minimum Gasteiger partial charge on any atom is -0.481 e. The standard InChI is InChI=1S/C20H28N4O4/c1-13-3-5-14(6-4-13)16-11-17(22-21-16)19(26)23(2)12-18(25)24-9-7-15(8-10-24)20(27)28/h3-6,15-17,21-22H,7-12H2,1-2H3,(H,27,28). The number of carboxylic acid groups (broad SMARTS) is 1. The SMILES string of the molecule is Cc1ccc(C2CC(C(=O)N(C)CC(=O)N3CCC(C(=O)O)CC3)NN2)cc1. The number of hydrogen-bond acceptors (Lipinski definition) is 5. The molecule has 28 heavy (non-hydrogen) atoms. The van der Waals surface area contributed by atoms with Crippen molar-refractivity contribution in [3.05, 3.63) is 35.4 Å². The molecule has 0 aliphatic carbocycles. The lowest BCUT2D eigenvalue weighted by Crippen LogP contribution is -2.49. The Balaban J connectivity index is 1.49. The Morgan fingerprint density at radius 1 is 1.14 bits per heavy atom. The molecule has 2 fully saturated rings. The zero-order valence-electron chi connectivity index (χ0n) is 16.4. The van der Waals surface area contributed by atoms with Crippen LogP contribution >= 0.6 is 0 Å². The second-order valence-corrected chi connectivity index (χ2v) is 7.73. The number of likely N-dealkylation sites (N-methyl/N-ethyl adjacent to an activating group) is 1. The predicted octanol–water partition coefficient (Wildman–Crippen LogP) is 0.684. The first-order valence-electron chi connectivity index (χ1n) is 9.68. The van der Waals surface area contributed by atoms with Crippen molar-refractivity contribution in [3.8, 4) is 0 Å². The van der Waals surface area contributed by atoms with Crippen molar-refractivity contribution in [2.24, 2.45) is 5.92 Å². The van der Waals surface area contributed by atoms with Crippen molar-refractivity contribution in [3.63, 3.8) is 0 Å². The van der Waals surface area contributed by atoms with Crippen LogP contribution in [0.1, 0.15) is 36.4 Å². The quantitative estimate of drug-likeness (QED) is 0.686. The van der Waals surface area contributed by atoms with E-state index in [0.29, 0.717) is 32.4 Å². The van der Waals surface area contributed by atoms with Gasteiger partial charge in [0.2, 0.25) is 11.8 Å². The zero-order chi connectivity index (χ0) is 20.3. The Morgan fingerprint density at radius 3 is 2.39 bits per heavy atom. The van der Waals surface area contributed by atoms with Gasteiger partial charge in [0, 0.05) is 26.2 Å². The number of carbonyl (C=O) groups is 3. The topological polar surface area (TPSA) is 102 Å². The molecule has 3 N–H and O–H groups in total. The van der Waals surface area contributed by atoms with Crippen molar-refractivity contribution in [2.75, 3.05) is 26.7 Å². The summed E-state index contributed by atoms with van der Waals surface area (Å²) in [6.07, 6.45) is 1.54. The first kappa shape index (κ1) is 20.3. The summed E-state index contributed by atoms with van der Waals surface area (Å²) >= 11 is 0. The van der Waals surface area contributed by atoms with Gasteiger partial charge in [0.15, 0.2) is 0 Å². The van der Waals surface area contributed by atoms with Gasteiger partial charge in [-0.25, -0.2) is 10.9 Å². The Bertz CT molecular complexity index is 728. The van der Waals surface area contributed by atoms with Gasteiger partial charge < -0.3 is 14.9 Å². The third kappa shape index (κ3) is 4.69. The fourth-order valence-electron chi connectivity index (χ4n) is 3.76. The van der Waals surface area contributed by atoms with Crippen LogP contribution in [0.5, 0.6) is 0 Å². The summed E-state index contributed by atoms with van der Waals surface area (Å²) in [7, 11) is 1.63. The van der Waals surface area contributed by atoms with Crippen LogP contribution < -0.4 is 10.9 Å². The number of aliphatic carboxylic acids is 1. The van der Waals surface area contributed by atoms with Crippen LogP contribution in [0.3, 0.4) is 0 Å². The highest BCUT2D eigenvalue weighted by molar-refractivity contribution is 5.87. The van der Waals surface area contributed by atoms with Gasteiger partial charge >= 0.3 is 5.97 Å². The molecule has 2 atom stereocenters. The van der Waals surface area contributed by atoms with E-state index in [1.807, 2.05) is 19.1 Å². The number of carbonyl (C=O) groups excluding carboxylic acids is 2. The summed E-state index contributed by atoms with van der Waals surface area (Å²) in [6, 6.07) is 7.86. The largest absolute Gasteiger partial charge is 0.481 e. The van der Waals surface area contributed by atoms with Gasteiger partial charge in [-0.15, -0.1) is 0 Å². The molecule has 8 heteroatoms. The van der Waals surface area contributed by atoms with Crippen molar-refractivity contribution >= 4 is 17.8 Å². The van der Waals surface area contributed by atoms with Crippen LogP contribution in [0.2, 0.25) is 0 Å². The maximum absolute atomic E-state index is 12.7. The summed E-state index contributed by atoms with van der Waals surface area (Å²) in [6.45, 7) is 2.89. The number of hydrazine groups is 1. The van der Waals surface area contributed by atoms with Crippen molar-refractivity contribution in [1.82, 2.24) is 20.7 Å². The van der Waals surface area contributed by atoms with E-state index in [2.05, 4.69) is 23.0 Å². The zero-order valence-corrected chi connectivity index (χ0v) is 16.4. The number of rotatable bonds is 5. The summed E-state index contributed by atoms with van der Waals surface area (Å²) in [5, 5.41) is 9.05. The molecular weight excluding hydrogens is 360 g/mol. The molecule has 2 unspecified atom stereocenters. The lowest BCUT2D eigenvalue weighted by Gasteiger charge is -2.31. The van der Waals surface area contributed by atoms with Crippen LogP contribution in [0.15, 0.2) is 24.3 Å². The smallest absolute Gasteiger partial charge is 0.306 e. The number of nitrogens with one attached hydrogen (secondary N) is 2. The number of piperidine rings is 1. The fraction of sp³-hybridized carbons (Fsp3) is 0.550. The average Bonchev–Trinajstić information content (AvgIpc) is 3.18. The summed E-state index contributed by atoms with van der Waals surface area (Å²) in [5.41, 5.74) is 8.51. The third-order valence-electron chi connectivity index (χ3n) is 5.63. The fourth-order valence-corrected chi connectivity index (χ4v) is 3.76. The maximum atomic E-state index is 12.7. The molecular formula is C20H28N4O4. The number of hydrogen-bond donors (Lipinski definition) is 3. The van der Waals surface area contributed by atoms with Gasteiger partial charge in [-0.05, 0) is 31.7 Å². The molecule has 8 nitrogen and oxygen atoms in total. The van der Waals surface area contributed by atoms with E-state index < -0.39 is 5.97 Å². The second-order valence-electron chi connectivity index (χ2n) is 7.73. The summed E-state index contributed by atoms with van der Waals surface area (Å²) < 4.78 is 0. The van der Waals surface area contributed by atoms with Crippen LogP contribution in [-0.2, 0) is 14.4 Å². The van der Waals surface area contributed by atoms with E-state index >= 15 is 0 Å². The highest BCUT2D eigenvalue weighted by Crippen LogP contribution is 2.23. The van der Waals surface area contributed by atoms with Crippen molar-refractivity contribution < 1.29 is 19.5 Å². The first-order valence-corrected chi connectivity index (χ1v) is 9.68. The van der Waals surface area contributed by atoms with Crippen LogP contribution in [0.4, 0.5) is 0 Å². The van der Waals surface area contributed by atoms with Crippen LogP contribution in [-0.4, -0.2) is 65.4 Å². The number of amides is 2. The second kappa shape index (κ2) is 8.70. The van der Waals surface area contributed by atoms with E-state index in [4.69, 9.17) is 5.11 Å². The molecule has 2 amide bonds. The third-order valence-corrected chi connectivity index (χ3v) is 5.63. The first-order chi connectivity index (χ1) is 13.3. The number of nitrogens with zero attached hydrogens (tertiary/aromatic N) is 2. The van der Waals surface area contributed by atoms with Crippen LogP contribution in [0, 0.1) is 12.8 Å². The van der Waals surface area contributed by atoms with Gasteiger partial charge in [0.1, 0.15) is 6.04 Å². The Morgan fingerprint density at radius 2 is 1.79 bits per heavy atom. The molecule has 2 aliphatic heterocycles. The maximum Gasteiger partial charge on any atom is 0.306 e. The minimum atomic E-state index is -0.803. The van der Waals surface area contributed by atoms with Gasteiger partial charge in [0.25, 0.3) is 0 Å². The van der Waals surface area contributed by atoms with Gasteiger partial charge in [-0.1, -0.05) is 29.8 Å². The molecule has 2 aliphatic rings. The monoisotopic (exact) mass is 388 g/mol. The molecule has 1 aromatic rings. The Kier molecular flexibility index (Phi) is 6.31. The predicted molar refractivity (Wildman–Crippen MR) is 103 cm³/mol. The lowest BCUT2D eigenvalue weighted by molar-refractivity contribution is -0.146. The molecule has 0 aromatic heterocycles. The van der Waals surface area contributed by atoms with E-state index in [-0.39, 0.29) is 36.4 Å². The van der Waals surface area contributed by atoms with Gasteiger partial charge in [-0.3, -0.25) is 14.4 Å². The normalized spacial score (nSPS) is 22.9. The molecule has 3 rings (SSSR count). The molecule has 1 aromatic carbocycles. The van der Waals surface area contributed by atoms with Gasteiger partial charge in [0.05, 0.1) is 12.5 Å². The molecule has 2 saturated heterocycles. The molecule has 0 spiro atoms. The van der Waals surface area contributed by atoms with E-state index in [1.54, 1.807) is 11.9 Å². The molecule has 2 heterocycles. The van der Waals surface area contributed by atoms with Gasteiger partial charge in [-0.2, -0.15) is 0 Å². The number of aryl methyl sites for hydroxylation is 1. The summed E-state index contributed by atoms with van der Waals surface area (Å²) in [4.78, 5) is 39.3. The van der Waals surface area contributed by atoms with E-state index in [9.17, 15) is 14.4 Å². The molecule has 0 radical (unpaired) electrons. The Hall–Kier alpha value is -2.45. The van der Waals surface area contributed by atoms with E-state index in [0.717, 1.165) is 5.56 Å².